The SMILES string of the molecule is CC(O)C(N)c1ncccc1C(=O)O. The maximum atomic E-state index is 10.8. The molecule has 1 rings (SSSR count). The van der Waals surface area contributed by atoms with Crippen molar-refractivity contribution in [1.29, 1.82) is 0 Å². The Morgan fingerprint density at radius 1 is 1.64 bits per heavy atom. The highest BCUT2D eigenvalue weighted by molar-refractivity contribution is 5.88. The van der Waals surface area contributed by atoms with Crippen molar-refractivity contribution in [1.82, 2.24) is 4.98 Å². The van der Waals surface area contributed by atoms with E-state index in [1.54, 1.807) is 0 Å². The smallest absolute Gasteiger partial charge is 0.337 e. The molecule has 1 heterocycles. The fraction of sp³-hybridized carbons (Fsp3) is 0.333. The molecule has 5 nitrogen and oxygen atoms in total. The number of aliphatic hydroxyl groups excluding tert-OH is 1. The Bertz CT molecular complexity index is 339. The van der Waals surface area contributed by atoms with Gasteiger partial charge in [-0.1, -0.05) is 0 Å². The molecule has 14 heavy (non-hydrogen) atoms. The van der Waals surface area contributed by atoms with Crippen molar-refractivity contribution >= 4 is 5.97 Å². The summed E-state index contributed by atoms with van der Waals surface area (Å²) in [5.74, 6) is -1.09. The molecule has 0 aliphatic carbocycles. The second-order valence-corrected chi connectivity index (χ2v) is 3.01. The zero-order valence-electron chi connectivity index (χ0n) is 7.71. The summed E-state index contributed by atoms with van der Waals surface area (Å²) in [6.07, 6.45) is 0.618. The third-order valence-electron chi connectivity index (χ3n) is 1.90. The molecular formula is C9H12N2O3. The standard InChI is InChI=1S/C9H12N2O3/c1-5(12)7(10)8-6(9(13)14)3-2-4-11-8/h2-5,7,12H,10H2,1H3,(H,13,14). The third-order valence-corrected chi connectivity index (χ3v) is 1.90. The van der Waals surface area contributed by atoms with Gasteiger partial charge in [-0.2, -0.15) is 0 Å². The number of rotatable bonds is 3. The van der Waals surface area contributed by atoms with E-state index in [4.69, 9.17) is 10.8 Å². The highest BCUT2D eigenvalue weighted by atomic mass is 16.4. The number of carboxylic acids is 1. The van der Waals surface area contributed by atoms with Gasteiger partial charge in [-0.3, -0.25) is 4.98 Å². The maximum absolute atomic E-state index is 10.8. The minimum atomic E-state index is -1.09. The van der Waals surface area contributed by atoms with Crippen LogP contribution in [0.2, 0.25) is 0 Å². The van der Waals surface area contributed by atoms with Crippen molar-refractivity contribution in [3.05, 3.63) is 29.6 Å². The topological polar surface area (TPSA) is 96.4 Å². The fourth-order valence-corrected chi connectivity index (χ4v) is 1.09. The zero-order chi connectivity index (χ0) is 10.7. The summed E-state index contributed by atoms with van der Waals surface area (Å²) in [6.45, 7) is 1.49. The lowest BCUT2D eigenvalue weighted by Crippen LogP contribution is -2.26. The van der Waals surface area contributed by atoms with Crippen LogP contribution in [0.1, 0.15) is 29.0 Å². The number of carbonyl (C=O) groups is 1. The van der Waals surface area contributed by atoms with Gasteiger partial charge in [0.15, 0.2) is 0 Å². The number of nitrogens with zero attached hydrogens (tertiary/aromatic N) is 1. The summed E-state index contributed by atoms with van der Waals surface area (Å²) >= 11 is 0. The van der Waals surface area contributed by atoms with Crippen LogP contribution in [0.15, 0.2) is 18.3 Å². The highest BCUT2D eigenvalue weighted by Gasteiger charge is 2.20. The van der Waals surface area contributed by atoms with E-state index in [0.717, 1.165) is 0 Å². The lowest BCUT2D eigenvalue weighted by molar-refractivity contribution is 0.0692. The number of pyridine rings is 1. The first-order chi connectivity index (χ1) is 6.54. The number of aliphatic hydroxyl groups is 1. The number of hydrogen-bond acceptors (Lipinski definition) is 4. The molecule has 4 N–H and O–H groups in total. The van der Waals surface area contributed by atoms with Gasteiger partial charge in [0.2, 0.25) is 0 Å². The Morgan fingerprint density at radius 3 is 2.79 bits per heavy atom. The molecule has 0 fully saturated rings. The lowest BCUT2D eigenvalue weighted by Gasteiger charge is -2.15. The van der Waals surface area contributed by atoms with Crippen LogP contribution in [-0.4, -0.2) is 27.3 Å². The molecule has 0 bridgehead atoms. The normalized spacial score (nSPS) is 14.8. The molecule has 0 saturated heterocycles. The van der Waals surface area contributed by atoms with Gasteiger partial charge in [-0.05, 0) is 19.1 Å². The average Bonchev–Trinajstić information content (AvgIpc) is 2.16. The van der Waals surface area contributed by atoms with Crippen LogP contribution in [0.3, 0.4) is 0 Å². The minimum Gasteiger partial charge on any atom is -0.478 e. The first-order valence-corrected chi connectivity index (χ1v) is 4.16. The Balaban J connectivity index is 3.13. The van der Waals surface area contributed by atoms with E-state index in [-0.39, 0.29) is 11.3 Å². The van der Waals surface area contributed by atoms with Crippen LogP contribution in [0.5, 0.6) is 0 Å². The Hall–Kier alpha value is -1.46. The molecule has 1 aromatic rings. The largest absolute Gasteiger partial charge is 0.478 e. The minimum absolute atomic E-state index is 0.0286. The fourth-order valence-electron chi connectivity index (χ4n) is 1.09. The molecule has 2 unspecified atom stereocenters. The van der Waals surface area contributed by atoms with Gasteiger partial charge in [0, 0.05) is 6.20 Å². The summed E-state index contributed by atoms with van der Waals surface area (Å²) in [7, 11) is 0. The quantitative estimate of drug-likeness (QED) is 0.639. The average molecular weight is 196 g/mol. The maximum Gasteiger partial charge on any atom is 0.337 e. The number of aromatic carboxylic acids is 1. The van der Waals surface area contributed by atoms with E-state index in [2.05, 4.69) is 4.98 Å². The van der Waals surface area contributed by atoms with Crippen molar-refractivity contribution in [2.24, 2.45) is 5.73 Å². The van der Waals surface area contributed by atoms with Gasteiger partial charge in [0.25, 0.3) is 0 Å². The summed E-state index contributed by atoms with van der Waals surface area (Å²) in [5.41, 5.74) is 5.83. The molecule has 0 aliphatic rings. The zero-order valence-corrected chi connectivity index (χ0v) is 7.71. The van der Waals surface area contributed by atoms with Crippen LogP contribution in [-0.2, 0) is 0 Å². The highest BCUT2D eigenvalue weighted by Crippen LogP contribution is 2.16. The second kappa shape index (κ2) is 4.17. The van der Waals surface area contributed by atoms with Gasteiger partial charge in [-0.25, -0.2) is 4.79 Å². The predicted molar refractivity (Wildman–Crippen MR) is 49.8 cm³/mol. The van der Waals surface area contributed by atoms with Crippen LogP contribution in [0, 0.1) is 0 Å². The molecule has 0 spiro atoms. The first kappa shape index (κ1) is 10.6. The Kier molecular flexibility index (Phi) is 3.16. The van der Waals surface area contributed by atoms with Crippen LogP contribution < -0.4 is 5.73 Å². The van der Waals surface area contributed by atoms with E-state index in [9.17, 15) is 9.90 Å². The van der Waals surface area contributed by atoms with E-state index in [1.165, 1.54) is 25.3 Å². The van der Waals surface area contributed by atoms with Gasteiger partial charge < -0.3 is 15.9 Å². The number of carboxylic acid groups (broad SMARTS) is 1. The summed E-state index contributed by atoms with van der Waals surface area (Å²) < 4.78 is 0. The van der Waals surface area contributed by atoms with Gasteiger partial charge >= 0.3 is 5.97 Å². The molecule has 2 atom stereocenters. The molecule has 0 aromatic carbocycles. The van der Waals surface area contributed by atoms with Crippen molar-refractivity contribution in [3.8, 4) is 0 Å². The van der Waals surface area contributed by atoms with E-state index in [0.29, 0.717) is 0 Å². The molecule has 0 radical (unpaired) electrons. The first-order valence-electron chi connectivity index (χ1n) is 4.16. The van der Waals surface area contributed by atoms with E-state index in [1.807, 2.05) is 0 Å². The third kappa shape index (κ3) is 2.07. The number of nitrogens with two attached hydrogens (primary N) is 1. The van der Waals surface area contributed by atoms with E-state index >= 15 is 0 Å². The number of aromatic nitrogens is 1. The predicted octanol–water partition coefficient (Wildman–Crippen LogP) is 0.160. The van der Waals surface area contributed by atoms with E-state index < -0.39 is 18.1 Å². The van der Waals surface area contributed by atoms with Crippen LogP contribution in [0.25, 0.3) is 0 Å². The van der Waals surface area contributed by atoms with Crippen molar-refractivity contribution < 1.29 is 15.0 Å². The molecule has 5 heteroatoms. The number of hydrogen-bond donors (Lipinski definition) is 3. The van der Waals surface area contributed by atoms with Gasteiger partial charge in [0.05, 0.1) is 23.4 Å². The lowest BCUT2D eigenvalue weighted by atomic mass is 10.0. The van der Waals surface area contributed by atoms with Crippen LogP contribution >= 0.6 is 0 Å². The Morgan fingerprint density at radius 2 is 2.29 bits per heavy atom. The van der Waals surface area contributed by atoms with Crippen molar-refractivity contribution in [2.45, 2.75) is 19.1 Å². The van der Waals surface area contributed by atoms with Crippen molar-refractivity contribution in [2.75, 3.05) is 0 Å². The monoisotopic (exact) mass is 196 g/mol. The van der Waals surface area contributed by atoms with Gasteiger partial charge in [0.1, 0.15) is 0 Å². The van der Waals surface area contributed by atoms with Gasteiger partial charge in [-0.15, -0.1) is 0 Å². The summed E-state index contributed by atoms with van der Waals surface area (Å²) in [4.78, 5) is 14.6. The van der Waals surface area contributed by atoms with Crippen LogP contribution in [0.4, 0.5) is 0 Å². The van der Waals surface area contributed by atoms with Crippen molar-refractivity contribution in [3.63, 3.8) is 0 Å². The molecule has 76 valence electrons. The molecule has 0 saturated carbocycles. The second-order valence-electron chi connectivity index (χ2n) is 3.01. The molecule has 1 aromatic heterocycles. The summed E-state index contributed by atoms with van der Waals surface area (Å²) in [6, 6.07) is 2.15. The molecule has 0 amide bonds. The summed E-state index contributed by atoms with van der Waals surface area (Å²) in [5, 5.41) is 18.0. The molecular weight excluding hydrogens is 184 g/mol. The molecule has 0 aliphatic heterocycles. The Labute approximate surface area is 81.2 Å².